The van der Waals surface area contributed by atoms with E-state index >= 15 is 0 Å². The Morgan fingerprint density at radius 2 is 1.88 bits per heavy atom. The molecule has 1 aliphatic heterocycles. The zero-order valence-corrected chi connectivity index (χ0v) is 15.0. The van der Waals surface area contributed by atoms with Crippen molar-refractivity contribution in [3.8, 4) is 0 Å². The topological polar surface area (TPSA) is 58.6 Å². The quantitative estimate of drug-likeness (QED) is 0.771. The van der Waals surface area contributed by atoms with Crippen LogP contribution in [0.3, 0.4) is 0 Å². The maximum atomic E-state index is 12.7. The first kappa shape index (κ1) is 20.2. The Hall–Kier alpha value is -1.16. The molecule has 1 N–H and O–H groups in total. The molecule has 0 amide bonds. The van der Waals surface area contributed by atoms with Crippen molar-refractivity contribution in [1.82, 2.24) is 9.62 Å². The van der Waals surface area contributed by atoms with E-state index in [4.69, 9.17) is 4.74 Å². The first-order chi connectivity index (χ1) is 11.6. The maximum absolute atomic E-state index is 12.7. The summed E-state index contributed by atoms with van der Waals surface area (Å²) >= 11 is 0. The van der Waals surface area contributed by atoms with Gasteiger partial charge in [-0.1, -0.05) is 6.07 Å². The van der Waals surface area contributed by atoms with Crippen LogP contribution in [0.1, 0.15) is 25.8 Å². The monoisotopic (exact) mass is 380 g/mol. The van der Waals surface area contributed by atoms with Crippen LogP contribution in [0.5, 0.6) is 0 Å². The molecule has 1 aliphatic rings. The highest BCUT2D eigenvalue weighted by Crippen LogP contribution is 2.30. The fourth-order valence-electron chi connectivity index (χ4n) is 2.90. The van der Waals surface area contributed by atoms with Crippen molar-refractivity contribution >= 4 is 10.0 Å². The van der Waals surface area contributed by atoms with Crippen molar-refractivity contribution in [2.24, 2.45) is 0 Å². The number of hydrogen-bond donors (Lipinski definition) is 1. The first-order valence-corrected chi connectivity index (χ1v) is 9.61. The van der Waals surface area contributed by atoms with Crippen LogP contribution in [0.4, 0.5) is 13.2 Å². The third kappa shape index (κ3) is 5.95. The van der Waals surface area contributed by atoms with Gasteiger partial charge in [-0.3, -0.25) is 4.90 Å². The molecule has 0 saturated carbocycles. The molecule has 2 rings (SSSR count). The molecule has 9 heteroatoms. The molecule has 1 aromatic rings. The first-order valence-electron chi connectivity index (χ1n) is 8.12. The SMILES string of the molecule is CC1CN(CCCNS(=O)(=O)c2cccc(C(F)(F)F)c2)CC(C)O1. The van der Waals surface area contributed by atoms with Crippen molar-refractivity contribution in [3.63, 3.8) is 0 Å². The molecule has 2 atom stereocenters. The molecule has 2 unspecified atom stereocenters. The van der Waals surface area contributed by atoms with Gasteiger partial charge in [0.1, 0.15) is 0 Å². The zero-order chi connectivity index (χ0) is 18.7. The van der Waals surface area contributed by atoms with Crippen LogP contribution in [0.2, 0.25) is 0 Å². The number of morpholine rings is 1. The average molecular weight is 380 g/mol. The number of nitrogens with zero attached hydrogens (tertiary/aromatic N) is 1. The summed E-state index contributed by atoms with van der Waals surface area (Å²) in [5, 5.41) is 0. The summed E-state index contributed by atoms with van der Waals surface area (Å²) < 4.78 is 70.4. The van der Waals surface area contributed by atoms with E-state index in [9.17, 15) is 21.6 Å². The standard InChI is InChI=1S/C16H23F3N2O3S/c1-12-10-21(11-13(2)24-12)8-4-7-20-25(22,23)15-6-3-5-14(9-15)16(17,18)19/h3,5-6,9,12-13,20H,4,7-8,10-11H2,1-2H3. The minimum atomic E-state index is -4.57. The molecular weight excluding hydrogens is 357 g/mol. The van der Waals surface area contributed by atoms with Gasteiger partial charge in [-0.15, -0.1) is 0 Å². The van der Waals surface area contributed by atoms with E-state index < -0.39 is 21.8 Å². The third-order valence-electron chi connectivity index (χ3n) is 3.91. The van der Waals surface area contributed by atoms with Gasteiger partial charge in [-0.2, -0.15) is 13.2 Å². The molecule has 1 saturated heterocycles. The second-order valence-corrected chi connectivity index (χ2v) is 8.06. The summed E-state index contributed by atoms with van der Waals surface area (Å²) in [4.78, 5) is 1.81. The van der Waals surface area contributed by atoms with Crippen LogP contribution in [-0.4, -0.2) is 51.7 Å². The van der Waals surface area contributed by atoms with Gasteiger partial charge in [0.15, 0.2) is 0 Å². The fraction of sp³-hybridized carbons (Fsp3) is 0.625. The maximum Gasteiger partial charge on any atom is 0.416 e. The average Bonchev–Trinajstić information content (AvgIpc) is 2.50. The summed E-state index contributed by atoms with van der Waals surface area (Å²) in [7, 11) is -3.96. The minimum Gasteiger partial charge on any atom is -0.373 e. The number of sulfonamides is 1. The number of rotatable bonds is 6. The molecule has 1 fully saturated rings. The predicted molar refractivity (Wildman–Crippen MR) is 87.7 cm³/mol. The van der Waals surface area contributed by atoms with Crippen LogP contribution in [0, 0.1) is 0 Å². The second-order valence-electron chi connectivity index (χ2n) is 6.29. The molecule has 0 aromatic heterocycles. The van der Waals surface area contributed by atoms with Gasteiger partial charge in [0.2, 0.25) is 10.0 Å². The Bertz CT molecular complexity index is 669. The van der Waals surface area contributed by atoms with Crippen LogP contribution < -0.4 is 4.72 Å². The Balaban J connectivity index is 1.87. The van der Waals surface area contributed by atoms with Gasteiger partial charge < -0.3 is 4.74 Å². The lowest BCUT2D eigenvalue weighted by Gasteiger charge is -2.35. The van der Waals surface area contributed by atoms with Gasteiger partial charge in [-0.05, 0) is 45.0 Å². The van der Waals surface area contributed by atoms with Gasteiger partial charge >= 0.3 is 6.18 Å². The predicted octanol–water partition coefficient (Wildman–Crippen LogP) is 2.48. The molecule has 0 aliphatic carbocycles. The van der Waals surface area contributed by atoms with Gasteiger partial charge in [0, 0.05) is 19.6 Å². The molecule has 1 heterocycles. The van der Waals surface area contributed by atoms with Crippen molar-refractivity contribution < 1.29 is 26.3 Å². The highest BCUT2D eigenvalue weighted by atomic mass is 32.2. The summed E-state index contributed by atoms with van der Waals surface area (Å²) in [5.41, 5.74) is -0.980. The highest BCUT2D eigenvalue weighted by molar-refractivity contribution is 7.89. The Morgan fingerprint density at radius 1 is 1.24 bits per heavy atom. The fourth-order valence-corrected chi connectivity index (χ4v) is 4.02. The van der Waals surface area contributed by atoms with Crippen LogP contribution >= 0.6 is 0 Å². The van der Waals surface area contributed by atoms with Crippen molar-refractivity contribution in [3.05, 3.63) is 29.8 Å². The normalized spacial score (nSPS) is 22.9. The molecular formula is C16H23F3N2O3S. The van der Waals surface area contributed by atoms with E-state index in [1.165, 1.54) is 0 Å². The molecule has 0 radical (unpaired) electrons. The van der Waals surface area contributed by atoms with Crippen molar-refractivity contribution in [2.75, 3.05) is 26.2 Å². The number of nitrogens with one attached hydrogen (secondary N) is 1. The van der Waals surface area contributed by atoms with Gasteiger partial charge in [0.25, 0.3) is 0 Å². The third-order valence-corrected chi connectivity index (χ3v) is 5.37. The van der Waals surface area contributed by atoms with Crippen LogP contribution in [0.15, 0.2) is 29.2 Å². The lowest BCUT2D eigenvalue weighted by molar-refractivity contribution is -0.137. The lowest BCUT2D eigenvalue weighted by Crippen LogP contribution is -2.46. The Kier molecular flexibility index (Phi) is 6.47. The van der Waals surface area contributed by atoms with E-state index in [1.807, 2.05) is 13.8 Å². The largest absolute Gasteiger partial charge is 0.416 e. The summed E-state index contributed by atoms with van der Waals surface area (Å²) in [6.45, 7) is 6.40. The van der Waals surface area contributed by atoms with Crippen molar-refractivity contribution in [2.45, 2.75) is 43.5 Å². The van der Waals surface area contributed by atoms with Crippen LogP contribution in [-0.2, 0) is 20.9 Å². The van der Waals surface area contributed by atoms with E-state index in [0.717, 1.165) is 31.3 Å². The molecule has 0 bridgehead atoms. The zero-order valence-electron chi connectivity index (χ0n) is 14.2. The lowest BCUT2D eigenvalue weighted by atomic mass is 10.2. The highest BCUT2D eigenvalue weighted by Gasteiger charge is 2.31. The number of halogens is 3. The van der Waals surface area contributed by atoms with E-state index in [1.54, 1.807) is 0 Å². The Labute approximate surface area is 146 Å². The number of hydrogen-bond acceptors (Lipinski definition) is 4. The molecule has 142 valence electrons. The Morgan fingerprint density at radius 3 is 2.48 bits per heavy atom. The molecule has 1 aromatic carbocycles. The van der Waals surface area contributed by atoms with E-state index in [-0.39, 0.29) is 23.6 Å². The van der Waals surface area contributed by atoms with E-state index in [0.29, 0.717) is 19.0 Å². The van der Waals surface area contributed by atoms with Gasteiger partial charge in [0.05, 0.1) is 22.7 Å². The molecule has 25 heavy (non-hydrogen) atoms. The number of benzene rings is 1. The summed E-state index contributed by atoms with van der Waals surface area (Å²) in [6, 6.07) is 3.74. The van der Waals surface area contributed by atoms with Crippen LogP contribution in [0.25, 0.3) is 0 Å². The molecule has 0 spiro atoms. The van der Waals surface area contributed by atoms with Crippen molar-refractivity contribution in [1.29, 1.82) is 0 Å². The second kappa shape index (κ2) is 8.03. The summed E-state index contributed by atoms with van der Waals surface area (Å²) in [6.07, 6.45) is -3.75. The van der Waals surface area contributed by atoms with Gasteiger partial charge in [-0.25, -0.2) is 13.1 Å². The molecule has 5 nitrogen and oxygen atoms in total. The van der Waals surface area contributed by atoms with E-state index in [2.05, 4.69) is 9.62 Å². The minimum absolute atomic E-state index is 0.130. The summed E-state index contributed by atoms with van der Waals surface area (Å²) in [5.74, 6) is 0. The number of alkyl halides is 3. The smallest absolute Gasteiger partial charge is 0.373 e. The number of ether oxygens (including phenoxy) is 1.